The molecule has 0 bridgehead atoms. The molecular formula is C13H17BrN2O3. The first kappa shape index (κ1) is 14.3. The molecule has 6 heteroatoms. The van der Waals surface area contributed by atoms with Crippen molar-refractivity contribution in [3.05, 3.63) is 27.1 Å². The fraction of sp³-hybridized carbons (Fsp3) is 0.538. The Hall–Kier alpha value is -1.14. The van der Waals surface area contributed by atoms with E-state index >= 15 is 0 Å². The van der Waals surface area contributed by atoms with E-state index in [0.29, 0.717) is 18.2 Å². The van der Waals surface area contributed by atoms with Gasteiger partial charge in [-0.3, -0.25) is 9.59 Å². The third-order valence-corrected chi connectivity index (χ3v) is 3.88. The molecule has 5 nitrogen and oxygen atoms in total. The van der Waals surface area contributed by atoms with E-state index in [-0.39, 0.29) is 17.6 Å². The molecule has 19 heavy (non-hydrogen) atoms. The lowest BCUT2D eigenvalue weighted by Gasteiger charge is -2.35. The van der Waals surface area contributed by atoms with E-state index in [2.05, 4.69) is 21.2 Å². The number of nitrogens with one attached hydrogen (secondary N) is 1. The first-order valence-electron chi connectivity index (χ1n) is 6.21. The number of carbonyl (C=O) groups excluding carboxylic acids is 1. The summed E-state index contributed by atoms with van der Waals surface area (Å²) in [4.78, 5) is 23.3. The summed E-state index contributed by atoms with van der Waals surface area (Å²) >= 11 is 3.36. The zero-order valence-corrected chi connectivity index (χ0v) is 12.6. The number of anilines is 1. The van der Waals surface area contributed by atoms with E-state index in [1.54, 1.807) is 23.9 Å². The number of pyridine rings is 1. The van der Waals surface area contributed by atoms with Gasteiger partial charge >= 0.3 is 0 Å². The van der Waals surface area contributed by atoms with Crippen LogP contribution in [0.1, 0.15) is 19.8 Å². The van der Waals surface area contributed by atoms with E-state index in [0.717, 1.165) is 17.3 Å². The van der Waals surface area contributed by atoms with Gasteiger partial charge in [-0.2, -0.15) is 0 Å². The highest BCUT2D eigenvalue weighted by atomic mass is 79.9. The Labute approximate surface area is 120 Å². The predicted octanol–water partition coefficient (Wildman–Crippen LogP) is 1.99. The van der Waals surface area contributed by atoms with Crippen molar-refractivity contribution in [3.63, 3.8) is 0 Å². The number of carbonyl (C=O) groups is 1. The Morgan fingerprint density at radius 3 is 2.84 bits per heavy atom. The fourth-order valence-corrected chi connectivity index (χ4v) is 2.80. The van der Waals surface area contributed by atoms with E-state index in [4.69, 9.17) is 4.74 Å². The third kappa shape index (κ3) is 3.25. The van der Waals surface area contributed by atoms with Gasteiger partial charge in [0.25, 0.3) is 5.56 Å². The Bertz CT molecular complexity index is 539. The number of nitrogens with zero attached hydrogens (tertiary/aromatic N) is 1. The number of hydrogen-bond acceptors (Lipinski definition) is 3. The van der Waals surface area contributed by atoms with Crippen LogP contribution in [0.3, 0.4) is 0 Å². The van der Waals surface area contributed by atoms with Gasteiger partial charge in [-0.25, -0.2) is 0 Å². The van der Waals surface area contributed by atoms with Crippen LogP contribution in [0.2, 0.25) is 0 Å². The zero-order valence-electron chi connectivity index (χ0n) is 11.0. The third-order valence-electron chi connectivity index (χ3n) is 3.45. The van der Waals surface area contributed by atoms with Gasteiger partial charge in [0.1, 0.15) is 5.69 Å². The molecule has 0 aliphatic heterocycles. The first-order chi connectivity index (χ1) is 9.01. The van der Waals surface area contributed by atoms with Gasteiger partial charge < -0.3 is 14.6 Å². The summed E-state index contributed by atoms with van der Waals surface area (Å²) in [7, 11) is 1.70. The number of hydrogen-bond donors (Lipinski definition) is 1. The molecule has 1 unspecified atom stereocenters. The minimum atomic E-state index is -0.250. The quantitative estimate of drug-likeness (QED) is 0.919. The maximum atomic E-state index is 12.2. The Kier molecular flexibility index (Phi) is 4.42. The molecule has 1 aromatic heterocycles. The highest BCUT2D eigenvalue weighted by molar-refractivity contribution is 9.10. The Morgan fingerprint density at radius 2 is 2.32 bits per heavy atom. The number of halogens is 1. The molecule has 1 amide bonds. The van der Waals surface area contributed by atoms with Gasteiger partial charge in [0.15, 0.2) is 0 Å². The van der Waals surface area contributed by atoms with Crippen molar-refractivity contribution in [3.8, 4) is 0 Å². The van der Waals surface area contributed by atoms with E-state index in [1.807, 2.05) is 0 Å². The smallest absolute Gasteiger partial charge is 0.274 e. The van der Waals surface area contributed by atoms with Crippen molar-refractivity contribution in [1.29, 1.82) is 0 Å². The summed E-state index contributed by atoms with van der Waals surface area (Å²) in [6.07, 6.45) is 4.09. The number of aromatic nitrogens is 1. The van der Waals surface area contributed by atoms with Gasteiger partial charge in [-0.05, 0) is 34.8 Å². The van der Waals surface area contributed by atoms with Gasteiger partial charge in [0.05, 0.1) is 6.10 Å². The van der Waals surface area contributed by atoms with Crippen LogP contribution in [-0.4, -0.2) is 23.7 Å². The average Bonchev–Trinajstić information content (AvgIpc) is 2.30. The lowest BCUT2D eigenvalue weighted by molar-refractivity contribution is -0.114. The Balaban J connectivity index is 2.22. The molecule has 1 saturated carbocycles. The molecular weight excluding hydrogens is 312 g/mol. The van der Waals surface area contributed by atoms with E-state index in [1.165, 1.54) is 6.92 Å². The van der Waals surface area contributed by atoms with Crippen LogP contribution in [-0.2, 0) is 16.1 Å². The topological polar surface area (TPSA) is 60.3 Å². The fourth-order valence-electron chi connectivity index (χ4n) is 2.32. The van der Waals surface area contributed by atoms with Crippen LogP contribution < -0.4 is 10.9 Å². The van der Waals surface area contributed by atoms with Crippen LogP contribution in [0.4, 0.5) is 5.69 Å². The van der Waals surface area contributed by atoms with Crippen LogP contribution in [0.15, 0.2) is 21.5 Å². The molecule has 0 saturated heterocycles. The predicted molar refractivity (Wildman–Crippen MR) is 76.2 cm³/mol. The molecule has 1 fully saturated rings. The van der Waals surface area contributed by atoms with Gasteiger partial charge in [0.2, 0.25) is 5.91 Å². The molecule has 1 aliphatic carbocycles. The minimum absolute atomic E-state index is 0.180. The van der Waals surface area contributed by atoms with Gasteiger partial charge in [-0.15, -0.1) is 0 Å². The average molecular weight is 329 g/mol. The van der Waals surface area contributed by atoms with Crippen molar-refractivity contribution in [1.82, 2.24) is 4.57 Å². The standard InChI is InChI=1S/C13H17BrN2O3/c1-8(17)15-11-5-10(14)7-16(13(11)18)6-9-3-4-12(9)19-2/h5,7,9,12H,3-4,6H2,1-2H3,(H,15,17)/t9?,12-/m0/s1. The number of rotatable bonds is 4. The van der Waals surface area contributed by atoms with Crippen molar-refractivity contribution in [2.24, 2.45) is 5.92 Å². The molecule has 2 atom stereocenters. The molecule has 104 valence electrons. The second-order valence-electron chi connectivity index (χ2n) is 4.82. The number of amides is 1. The lowest BCUT2D eigenvalue weighted by atomic mass is 9.81. The monoisotopic (exact) mass is 328 g/mol. The molecule has 1 heterocycles. The lowest BCUT2D eigenvalue weighted by Crippen LogP contribution is -2.38. The minimum Gasteiger partial charge on any atom is -0.381 e. The van der Waals surface area contributed by atoms with Gasteiger partial charge in [-0.1, -0.05) is 0 Å². The van der Waals surface area contributed by atoms with Crippen molar-refractivity contribution < 1.29 is 9.53 Å². The maximum Gasteiger partial charge on any atom is 0.274 e. The summed E-state index contributed by atoms with van der Waals surface area (Å²) in [5.74, 6) is 0.113. The van der Waals surface area contributed by atoms with Crippen LogP contribution >= 0.6 is 15.9 Å². The SMILES string of the molecule is CO[C@H]1CCC1Cn1cc(Br)cc(NC(C)=O)c1=O. The molecule has 1 aromatic rings. The summed E-state index contributed by atoms with van der Waals surface area (Å²) < 4.78 is 7.74. The van der Waals surface area contributed by atoms with Crippen molar-refractivity contribution in [2.75, 3.05) is 12.4 Å². The van der Waals surface area contributed by atoms with Gasteiger partial charge in [0, 0.05) is 37.2 Å². The van der Waals surface area contributed by atoms with Crippen LogP contribution in [0, 0.1) is 5.92 Å². The maximum absolute atomic E-state index is 12.2. The summed E-state index contributed by atoms with van der Waals surface area (Å²) in [6, 6.07) is 1.62. The number of methoxy groups -OCH3 is 1. The Morgan fingerprint density at radius 1 is 1.58 bits per heavy atom. The zero-order chi connectivity index (χ0) is 14.0. The summed E-state index contributed by atoms with van der Waals surface area (Å²) in [5.41, 5.74) is 0.121. The molecule has 0 spiro atoms. The summed E-state index contributed by atoms with van der Waals surface area (Å²) in [5, 5.41) is 2.56. The highest BCUT2D eigenvalue weighted by Crippen LogP contribution is 2.31. The second kappa shape index (κ2) is 5.88. The molecule has 2 rings (SSSR count). The second-order valence-corrected chi connectivity index (χ2v) is 5.74. The van der Waals surface area contributed by atoms with E-state index < -0.39 is 0 Å². The molecule has 0 radical (unpaired) electrons. The highest BCUT2D eigenvalue weighted by Gasteiger charge is 2.31. The molecule has 1 aliphatic rings. The largest absolute Gasteiger partial charge is 0.381 e. The molecule has 1 N–H and O–H groups in total. The van der Waals surface area contributed by atoms with Crippen molar-refractivity contribution in [2.45, 2.75) is 32.4 Å². The van der Waals surface area contributed by atoms with Crippen LogP contribution in [0.5, 0.6) is 0 Å². The van der Waals surface area contributed by atoms with Crippen LogP contribution in [0.25, 0.3) is 0 Å². The first-order valence-corrected chi connectivity index (χ1v) is 7.01. The normalized spacial score (nSPS) is 21.8. The van der Waals surface area contributed by atoms with E-state index in [9.17, 15) is 9.59 Å². The van der Waals surface area contributed by atoms with Crippen molar-refractivity contribution >= 4 is 27.5 Å². The summed E-state index contributed by atoms with van der Waals surface area (Å²) in [6.45, 7) is 2.00. The number of ether oxygens (including phenoxy) is 1. The molecule has 0 aromatic carbocycles.